The first kappa shape index (κ1) is 18.4. The van der Waals surface area contributed by atoms with Crippen LogP contribution in [0.3, 0.4) is 0 Å². The molecule has 0 spiro atoms. The van der Waals surface area contributed by atoms with Gasteiger partial charge in [-0.1, -0.05) is 17.7 Å². The highest BCUT2D eigenvalue weighted by atomic mass is 16.5. The van der Waals surface area contributed by atoms with Crippen LogP contribution in [0.2, 0.25) is 0 Å². The number of furan rings is 1. The minimum Gasteiger partial charge on any atom is -0.467 e. The van der Waals surface area contributed by atoms with Gasteiger partial charge >= 0.3 is 5.97 Å². The second kappa shape index (κ2) is 7.86. The number of amides is 1. The molecule has 0 bridgehead atoms. The molecule has 0 radical (unpaired) electrons. The van der Waals surface area contributed by atoms with Crippen molar-refractivity contribution in [3.8, 4) is 5.69 Å². The number of ether oxygens (including phenoxy) is 1. The van der Waals surface area contributed by atoms with Crippen molar-refractivity contribution >= 4 is 11.9 Å². The van der Waals surface area contributed by atoms with Gasteiger partial charge in [0.25, 0.3) is 5.91 Å². The molecule has 3 aromatic rings. The summed E-state index contributed by atoms with van der Waals surface area (Å²) in [7, 11) is 0. The minimum absolute atomic E-state index is 0.0776. The Kier molecular flexibility index (Phi) is 5.35. The molecule has 8 heteroatoms. The Morgan fingerprint density at radius 2 is 2.00 bits per heavy atom. The minimum atomic E-state index is -0.698. The molecule has 8 nitrogen and oxygen atoms in total. The van der Waals surface area contributed by atoms with Gasteiger partial charge in [-0.2, -0.15) is 9.90 Å². The molecule has 27 heavy (non-hydrogen) atoms. The largest absolute Gasteiger partial charge is 0.467 e. The zero-order valence-corrected chi connectivity index (χ0v) is 15.4. The lowest BCUT2D eigenvalue weighted by atomic mass is 10.1. The van der Waals surface area contributed by atoms with E-state index in [9.17, 15) is 9.59 Å². The molecule has 0 unspecified atom stereocenters. The van der Waals surface area contributed by atoms with Crippen molar-refractivity contribution in [3.05, 3.63) is 64.9 Å². The number of aromatic nitrogens is 3. The first-order chi connectivity index (χ1) is 12.9. The van der Waals surface area contributed by atoms with Gasteiger partial charge in [0.2, 0.25) is 0 Å². The van der Waals surface area contributed by atoms with Crippen LogP contribution in [0.25, 0.3) is 5.69 Å². The summed E-state index contributed by atoms with van der Waals surface area (Å²) < 4.78 is 10.2. The Morgan fingerprint density at radius 1 is 1.19 bits per heavy atom. The predicted octanol–water partition coefficient (Wildman–Crippen LogP) is 2.26. The van der Waals surface area contributed by atoms with Crippen molar-refractivity contribution < 1.29 is 18.7 Å². The Balaban J connectivity index is 1.61. The number of carbonyl (C=O) groups excluding carboxylic acids is 2. The molecule has 0 saturated heterocycles. The molecule has 2 aromatic heterocycles. The Hall–Kier alpha value is -3.42. The zero-order chi connectivity index (χ0) is 19.4. The fourth-order valence-corrected chi connectivity index (χ4v) is 2.55. The highest BCUT2D eigenvalue weighted by molar-refractivity contribution is 5.90. The van der Waals surface area contributed by atoms with Gasteiger partial charge in [-0.05, 0) is 44.5 Å². The van der Waals surface area contributed by atoms with E-state index < -0.39 is 18.5 Å². The van der Waals surface area contributed by atoms with Gasteiger partial charge in [-0.25, -0.2) is 4.79 Å². The fraction of sp³-hybridized carbons (Fsp3) is 0.263. The quantitative estimate of drug-likeness (QED) is 0.670. The first-order valence-electron chi connectivity index (χ1n) is 8.42. The molecule has 0 aliphatic heterocycles. The summed E-state index contributed by atoms with van der Waals surface area (Å²) in [4.78, 5) is 25.4. The molecule has 140 valence electrons. The standard InChI is InChI=1S/C19H20N4O4/c1-12-6-7-16(13(2)9-12)23-21-14(3)18(22-23)19(25)27-11-17(24)20-10-15-5-4-8-26-15/h4-9H,10-11H2,1-3H3,(H,20,24). The lowest BCUT2D eigenvalue weighted by Crippen LogP contribution is -2.28. The van der Waals surface area contributed by atoms with Gasteiger partial charge in [0.05, 0.1) is 24.2 Å². The molecule has 2 heterocycles. The van der Waals surface area contributed by atoms with Crippen LogP contribution in [-0.2, 0) is 16.1 Å². The first-order valence-corrected chi connectivity index (χ1v) is 8.42. The van der Waals surface area contributed by atoms with Gasteiger partial charge < -0.3 is 14.5 Å². The second-order valence-electron chi connectivity index (χ2n) is 6.15. The Labute approximate surface area is 156 Å². The summed E-state index contributed by atoms with van der Waals surface area (Å²) in [6.07, 6.45) is 1.52. The van der Waals surface area contributed by atoms with E-state index in [1.807, 2.05) is 32.0 Å². The third kappa shape index (κ3) is 4.41. The maximum absolute atomic E-state index is 12.2. The van der Waals surface area contributed by atoms with Crippen molar-refractivity contribution in [1.82, 2.24) is 20.3 Å². The maximum atomic E-state index is 12.2. The number of nitrogens with one attached hydrogen (secondary N) is 1. The molecule has 3 rings (SSSR count). The predicted molar refractivity (Wildman–Crippen MR) is 96.4 cm³/mol. The molecular weight excluding hydrogens is 348 g/mol. The van der Waals surface area contributed by atoms with E-state index in [2.05, 4.69) is 15.5 Å². The molecular formula is C19H20N4O4. The monoisotopic (exact) mass is 368 g/mol. The third-order valence-electron chi connectivity index (χ3n) is 3.92. The normalized spacial score (nSPS) is 10.6. The van der Waals surface area contributed by atoms with E-state index in [0.717, 1.165) is 16.8 Å². The van der Waals surface area contributed by atoms with E-state index in [1.54, 1.807) is 19.1 Å². The molecule has 1 amide bonds. The second-order valence-corrected chi connectivity index (χ2v) is 6.15. The smallest absolute Gasteiger partial charge is 0.361 e. The van der Waals surface area contributed by atoms with Gasteiger partial charge in [0, 0.05) is 0 Å². The van der Waals surface area contributed by atoms with Crippen LogP contribution in [0.5, 0.6) is 0 Å². The molecule has 0 aliphatic carbocycles. The number of benzene rings is 1. The summed E-state index contributed by atoms with van der Waals surface area (Å²) in [5.74, 6) is -0.516. The lowest BCUT2D eigenvalue weighted by Gasteiger charge is -2.05. The third-order valence-corrected chi connectivity index (χ3v) is 3.92. The summed E-state index contributed by atoms with van der Waals surface area (Å²) in [5.41, 5.74) is 3.39. The van der Waals surface area contributed by atoms with Crippen molar-refractivity contribution in [2.45, 2.75) is 27.3 Å². The summed E-state index contributed by atoms with van der Waals surface area (Å²) in [6, 6.07) is 9.31. The molecule has 1 aromatic carbocycles. The van der Waals surface area contributed by atoms with Crippen LogP contribution in [0.15, 0.2) is 41.0 Å². The average molecular weight is 368 g/mol. The van der Waals surface area contributed by atoms with Crippen LogP contribution in [0.4, 0.5) is 0 Å². The van der Waals surface area contributed by atoms with Gasteiger partial charge in [0.1, 0.15) is 5.76 Å². The van der Waals surface area contributed by atoms with Crippen molar-refractivity contribution in [1.29, 1.82) is 0 Å². The van der Waals surface area contributed by atoms with E-state index in [-0.39, 0.29) is 12.2 Å². The highest BCUT2D eigenvalue weighted by Crippen LogP contribution is 2.15. The maximum Gasteiger partial charge on any atom is 0.361 e. The van der Waals surface area contributed by atoms with Crippen molar-refractivity contribution in [3.63, 3.8) is 0 Å². The van der Waals surface area contributed by atoms with Crippen LogP contribution in [0.1, 0.15) is 33.1 Å². The molecule has 0 saturated carbocycles. The van der Waals surface area contributed by atoms with E-state index in [0.29, 0.717) is 11.5 Å². The number of carbonyl (C=O) groups is 2. The van der Waals surface area contributed by atoms with E-state index in [4.69, 9.17) is 9.15 Å². The van der Waals surface area contributed by atoms with Crippen molar-refractivity contribution in [2.75, 3.05) is 6.61 Å². The van der Waals surface area contributed by atoms with Crippen molar-refractivity contribution in [2.24, 2.45) is 0 Å². The van der Waals surface area contributed by atoms with Crippen LogP contribution >= 0.6 is 0 Å². The van der Waals surface area contributed by atoms with Crippen LogP contribution in [0, 0.1) is 20.8 Å². The average Bonchev–Trinajstić information content (AvgIpc) is 3.27. The number of rotatable bonds is 6. The van der Waals surface area contributed by atoms with Gasteiger partial charge in [-0.3, -0.25) is 4.79 Å². The molecule has 0 atom stereocenters. The van der Waals surface area contributed by atoms with E-state index >= 15 is 0 Å². The summed E-state index contributed by atoms with van der Waals surface area (Å²) >= 11 is 0. The van der Waals surface area contributed by atoms with Crippen LogP contribution < -0.4 is 5.32 Å². The number of hydrogen-bond acceptors (Lipinski definition) is 6. The Bertz CT molecular complexity index is 960. The number of esters is 1. The molecule has 0 fully saturated rings. The molecule has 1 N–H and O–H groups in total. The molecule has 0 aliphatic rings. The van der Waals surface area contributed by atoms with Gasteiger partial charge in [-0.15, -0.1) is 5.10 Å². The van der Waals surface area contributed by atoms with E-state index in [1.165, 1.54) is 11.1 Å². The lowest BCUT2D eigenvalue weighted by molar-refractivity contribution is -0.124. The zero-order valence-electron chi connectivity index (χ0n) is 15.4. The topological polar surface area (TPSA) is 99.2 Å². The SMILES string of the molecule is Cc1ccc(-n2nc(C)c(C(=O)OCC(=O)NCc3ccco3)n2)c(C)c1. The number of aryl methyl sites for hydroxylation is 3. The summed E-state index contributed by atoms with van der Waals surface area (Å²) in [6.45, 7) is 5.43. The Morgan fingerprint density at radius 3 is 2.70 bits per heavy atom. The number of hydrogen-bond donors (Lipinski definition) is 1. The van der Waals surface area contributed by atoms with Gasteiger partial charge in [0.15, 0.2) is 12.3 Å². The number of nitrogens with zero attached hydrogens (tertiary/aromatic N) is 3. The van der Waals surface area contributed by atoms with Crippen LogP contribution in [-0.4, -0.2) is 33.5 Å². The fourth-order valence-electron chi connectivity index (χ4n) is 2.55. The summed E-state index contributed by atoms with van der Waals surface area (Å²) in [5, 5.41) is 11.1. The highest BCUT2D eigenvalue weighted by Gasteiger charge is 2.19.